The first-order valence-electron chi connectivity index (χ1n) is 9.14. The number of amides is 1. The van der Waals surface area contributed by atoms with Crippen molar-refractivity contribution in [2.24, 2.45) is 5.41 Å². The van der Waals surface area contributed by atoms with Crippen molar-refractivity contribution in [2.75, 3.05) is 30.3 Å². The van der Waals surface area contributed by atoms with Crippen molar-refractivity contribution >= 4 is 34.2 Å². The number of hydrogen-bond acceptors (Lipinski definition) is 7. The van der Waals surface area contributed by atoms with E-state index in [4.69, 9.17) is 5.73 Å². The van der Waals surface area contributed by atoms with Gasteiger partial charge in [-0.05, 0) is 24.0 Å². The van der Waals surface area contributed by atoms with Gasteiger partial charge in [0.1, 0.15) is 5.82 Å². The van der Waals surface area contributed by atoms with E-state index in [-0.39, 0.29) is 23.1 Å². The summed E-state index contributed by atoms with van der Waals surface area (Å²) in [5, 5.41) is 10.3. The molecule has 0 radical (unpaired) electrons. The Morgan fingerprint density at radius 3 is 2.68 bits per heavy atom. The van der Waals surface area contributed by atoms with E-state index in [9.17, 15) is 14.7 Å². The molecular formula is C19H25N5O3S. The highest BCUT2D eigenvalue weighted by Gasteiger charge is 2.37. The summed E-state index contributed by atoms with van der Waals surface area (Å²) < 4.78 is 0. The molecule has 2 aromatic rings. The second-order valence-corrected chi connectivity index (χ2v) is 8.94. The van der Waals surface area contributed by atoms with Crippen molar-refractivity contribution in [3.05, 3.63) is 35.0 Å². The Morgan fingerprint density at radius 1 is 1.29 bits per heavy atom. The van der Waals surface area contributed by atoms with Gasteiger partial charge in [-0.1, -0.05) is 32.1 Å². The van der Waals surface area contributed by atoms with E-state index in [1.165, 1.54) is 16.2 Å². The van der Waals surface area contributed by atoms with Crippen LogP contribution in [-0.2, 0) is 0 Å². The number of aromatic nitrogens is 2. The Morgan fingerprint density at radius 2 is 2.04 bits per heavy atom. The molecule has 0 aliphatic carbocycles. The van der Waals surface area contributed by atoms with Crippen LogP contribution in [0.5, 0.6) is 0 Å². The highest BCUT2D eigenvalue weighted by atomic mass is 32.1. The number of pyridine rings is 1. The average molecular weight is 404 g/mol. The molecule has 9 heteroatoms. The molecule has 0 bridgehead atoms. The monoisotopic (exact) mass is 403 g/mol. The van der Waals surface area contributed by atoms with Crippen LogP contribution in [0.25, 0.3) is 0 Å². The number of ketones is 1. The van der Waals surface area contributed by atoms with Crippen molar-refractivity contribution in [3.63, 3.8) is 0 Å². The maximum Gasteiger partial charge on any atom is 0.407 e. The van der Waals surface area contributed by atoms with Crippen LogP contribution in [0.15, 0.2) is 24.5 Å². The summed E-state index contributed by atoms with van der Waals surface area (Å²) >= 11 is 1.30. The standard InChI is InChI=1S/C19H25N5O3S/c1-19(2,3)14-11-23(8-5-9-24(14)18(26)27)17-22-10-13(28-17)15(25)12-6-4-7-21-16(12)20/h4,6-7,10,14H,5,8-9,11H2,1-3H3,(H2,20,21)(H,26,27). The minimum Gasteiger partial charge on any atom is -0.465 e. The van der Waals surface area contributed by atoms with Gasteiger partial charge in [0.25, 0.3) is 0 Å². The molecular weight excluding hydrogens is 378 g/mol. The van der Waals surface area contributed by atoms with E-state index in [1.807, 2.05) is 20.8 Å². The van der Waals surface area contributed by atoms with Gasteiger partial charge in [0.05, 0.1) is 22.7 Å². The number of rotatable bonds is 3. The normalized spacial score (nSPS) is 18.0. The third-order valence-electron chi connectivity index (χ3n) is 4.91. The quantitative estimate of drug-likeness (QED) is 0.758. The zero-order valence-corrected chi connectivity index (χ0v) is 17.1. The van der Waals surface area contributed by atoms with Gasteiger partial charge in [0.2, 0.25) is 5.78 Å². The molecule has 1 aliphatic rings. The van der Waals surface area contributed by atoms with Crippen molar-refractivity contribution in [1.82, 2.24) is 14.9 Å². The highest BCUT2D eigenvalue weighted by molar-refractivity contribution is 7.17. The Bertz CT molecular complexity index is 876. The third kappa shape index (κ3) is 4.09. The van der Waals surface area contributed by atoms with Gasteiger partial charge in [-0.3, -0.25) is 4.79 Å². The first-order valence-corrected chi connectivity index (χ1v) is 9.95. The van der Waals surface area contributed by atoms with Gasteiger partial charge >= 0.3 is 6.09 Å². The van der Waals surface area contributed by atoms with Crippen LogP contribution in [0.1, 0.15) is 42.4 Å². The minimum absolute atomic E-state index is 0.176. The second-order valence-electron chi connectivity index (χ2n) is 7.93. The van der Waals surface area contributed by atoms with Crippen LogP contribution in [0.2, 0.25) is 0 Å². The summed E-state index contributed by atoms with van der Waals surface area (Å²) in [7, 11) is 0. The van der Waals surface area contributed by atoms with E-state index in [2.05, 4.69) is 14.9 Å². The first-order chi connectivity index (χ1) is 13.2. The lowest BCUT2D eigenvalue weighted by Gasteiger charge is -2.38. The van der Waals surface area contributed by atoms with Gasteiger partial charge < -0.3 is 20.6 Å². The zero-order chi connectivity index (χ0) is 20.5. The lowest BCUT2D eigenvalue weighted by Crippen LogP contribution is -2.51. The summed E-state index contributed by atoms with van der Waals surface area (Å²) in [6.45, 7) is 7.83. The summed E-state index contributed by atoms with van der Waals surface area (Å²) in [6.07, 6.45) is 2.91. The molecule has 3 N–H and O–H groups in total. The number of thiazole rings is 1. The fourth-order valence-electron chi connectivity index (χ4n) is 3.39. The fourth-order valence-corrected chi connectivity index (χ4v) is 4.29. The molecule has 28 heavy (non-hydrogen) atoms. The van der Waals surface area contributed by atoms with Crippen molar-refractivity contribution in [1.29, 1.82) is 0 Å². The predicted octanol–water partition coefficient (Wildman–Crippen LogP) is 2.96. The minimum atomic E-state index is -0.899. The van der Waals surface area contributed by atoms with Gasteiger partial charge in [0.15, 0.2) is 5.13 Å². The molecule has 0 aromatic carbocycles. The van der Waals surface area contributed by atoms with Crippen LogP contribution >= 0.6 is 11.3 Å². The molecule has 8 nitrogen and oxygen atoms in total. The fraction of sp³-hybridized carbons (Fsp3) is 0.474. The molecule has 0 spiro atoms. The Labute approximate surface area is 168 Å². The number of anilines is 2. The number of carbonyl (C=O) groups excluding carboxylic acids is 1. The SMILES string of the molecule is CC(C)(C)C1CN(c2ncc(C(=O)c3cccnc3N)s2)CCCN1C(=O)O. The van der Waals surface area contributed by atoms with Crippen LogP contribution in [0.3, 0.4) is 0 Å². The van der Waals surface area contributed by atoms with Crippen molar-refractivity contribution in [2.45, 2.75) is 33.2 Å². The summed E-state index contributed by atoms with van der Waals surface area (Å²) in [5.41, 5.74) is 5.96. The van der Waals surface area contributed by atoms with Crippen LogP contribution < -0.4 is 10.6 Å². The molecule has 3 rings (SSSR count). The lowest BCUT2D eigenvalue weighted by atomic mass is 9.85. The van der Waals surface area contributed by atoms with Gasteiger partial charge in [0, 0.05) is 25.8 Å². The van der Waals surface area contributed by atoms with E-state index in [0.29, 0.717) is 41.6 Å². The molecule has 1 saturated heterocycles. The zero-order valence-electron chi connectivity index (χ0n) is 16.3. The maximum atomic E-state index is 12.7. The average Bonchev–Trinajstić information content (AvgIpc) is 2.99. The highest BCUT2D eigenvalue weighted by Crippen LogP contribution is 2.32. The topological polar surface area (TPSA) is 113 Å². The number of nitrogens with zero attached hydrogens (tertiary/aromatic N) is 4. The molecule has 150 valence electrons. The van der Waals surface area contributed by atoms with Gasteiger partial charge in [-0.2, -0.15) is 0 Å². The number of carbonyl (C=O) groups is 2. The number of nitrogens with two attached hydrogens (primary N) is 1. The molecule has 1 unspecified atom stereocenters. The molecule has 1 aliphatic heterocycles. The van der Waals surface area contributed by atoms with Crippen LogP contribution in [0.4, 0.5) is 15.7 Å². The predicted molar refractivity (Wildman–Crippen MR) is 109 cm³/mol. The number of carboxylic acid groups (broad SMARTS) is 1. The van der Waals surface area contributed by atoms with E-state index in [0.717, 1.165) is 0 Å². The molecule has 1 atom stereocenters. The van der Waals surface area contributed by atoms with E-state index >= 15 is 0 Å². The molecule has 0 saturated carbocycles. The lowest BCUT2D eigenvalue weighted by molar-refractivity contribution is 0.0902. The van der Waals surface area contributed by atoms with Gasteiger partial charge in [-0.25, -0.2) is 14.8 Å². The van der Waals surface area contributed by atoms with E-state index in [1.54, 1.807) is 24.5 Å². The largest absolute Gasteiger partial charge is 0.465 e. The maximum absolute atomic E-state index is 12.7. The van der Waals surface area contributed by atoms with Crippen LogP contribution in [0, 0.1) is 5.41 Å². The Balaban J connectivity index is 1.85. The second kappa shape index (κ2) is 7.75. The van der Waals surface area contributed by atoms with Crippen LogP contribution in [-0.4, -0.2) is 57.5 Å². The van der Waals surface area contributed by atoms with E-state index < -0.39 is 6.09 Å². The number of hydrogen-bond donors (Lipinski definition) is 2. The summed E-state index contributed by atoms with van der Waals surface area (Å²) in [6, 6.07) is 3.15. The molecule has 3 heterocycles. The smallest absolute Gasteiger partial charge is 0.407 e. The van der Waals surface area contributed by atoms with Crippen molar-refractivity contribution < 1.29 is 14.7 Å². The summed E-state index contributed by atoms with van der Waals surface area (Å²) in [4.78, 5) is 37.0. The Hall–Kier alpha value is -2.68. The van der Waals surface area contributed by atoms with Gasteiger partial charge in [-0.15, -0.1) is 0 Å². The first kappa shape index (κ1) is 20.1. The molecule has 1 fully saturated rings. The Kier molecular flexibility index (Phi) is 5.55. The number of nitrogen functional groups attached to an aromatic ring is 1. The third-order valence-corrected chi connectivity index (χ3v) is 5.97. The molecule has 2 aromatic heterocycles. The van der Waals surface area contributed by atoms with Crippen molar-refractivity contribution in [3.8, 4) is 0 Å². The summed E-state index contributed by atoms with van der Waals surface area (Å²) in [5.74, 6) is -0.00850. The molecule has 1 amide bonds.